The van der Waals surface area contributed by atoms with Crippen LogP contribution < -0.4 is 5.32 Å². The van der Waals surface area contributed by atoms with Crippen LogP contribution in [0.2, 0.25) is 0 Å². The van der Waals surface area contributed by atoms with Gasteiger partial charge in [0, 0.05) is 31.3 Å². The molecule has 5 heteroatoms. The third kappa shape index (κ3) is 2.49. The van der Waals surface area contributed by atoms with Crippen molar-refractivity contribution in [3.05, 3.63) is 54.1 Å². The maximum Gasteiger partial charge on any atom is 0.180 e. The quantitative estimate of drug-likeness (QED) is 0.774. The van der Waals surface area contributed by atoms with Gasteiger partial charge in [0.25, 0.3) is 0 Å². The zero-order chi connectivity index (χ0) is 13.1. The minimum Gasteiger partial charge on any atom is -0.366 e. The van der Waals surface area contributed by atoms with Crippen molar-refractivity contribution in [2.24, 2.45) is 0 Å². The highest BCUT2D eigenvalue weighted by Gasteiger charge is 2.01. The average Bonchev–Trinajstić information content (AvgIpc) is 2.46. The van der Waals surface area contributed by atoms with Crippen molar-refractivity contribution in [1.29, 1.82) is 0 Å². The lowest BCUT2D eigenvalue weighted by atomic mass is 10.1. The lowest BCUT2D eigenvalue weighted by Crippen LogP contribution is -2.03. The largest absolute Gasteiger partial charge is 0.366 e. The molecule has 1 N–H and O–H groups in total. The van der Waals surface area contributed by atoms with Crippen LogP contribution in [0, 0.1) is 6.92 Å². The van der Waals surface area contributed by atoms with Crippen LogP contribution in [-0.2, 0) is 6.54 Å². The summed E-state index contributed by atoms with van der Waals surface area (Å²) < 4.78 is 0. The fraction of sp³-hybridized carbons (Fsp3) is 0.143. The molecule has 0 atom stereocenters. The number of hydrogen-bond acceptors (Lipinski definition) is 5. The van der Waals surface area contributed by atoms with Crippen LogP contribution in [0.3, 0.4) is 0 Å². The first kappa shape index (κ1) is 11.5. The Labute approximate surface area is 110 Å². The van der Waals surface area contributed by atoms with Crippen molar-refractivity contribution < 1.29 is 0 Å². The minimum atomic E-state index is 0.652. The van der Waals surface area contributed by atoms with Crippen LogP contribution in [0.15, 0.2) is 43.0 Å². The zero-order valence-electron chi connectivity index (χ0n) is 10.5. The summed E-state index contributed by atoms with van der Waals surface area (Å²) in [6, 6.07) is 5.83. The highest BCUT2D eigenvalue weighted by Crippen LogP contribution is 2.12. The molecule has 0 saturated heterocycles. The molecule has 0 aliphatic rings. The highest BCUT2D eigenvalue weighted by molar-refractivity contribution is 5.71. The summed E-state index contributed by atoms with van der Waals surface area (Å²) in [5.74, 6) is 0.796. The van der Waals surface area contributed by atoms with Gasteiger partial charge in [-0.25, -0.2) is 9.97 Å². The number of nitrogens with zero attached hydrogens (tertiary/aromatic N) is 4. The number of hydrogen-bond donors (Lipinski definition) is 1. The number of aryl methyl sites for hydroxylation is 1. The van der Waals surface area contributed by atoms with Crippen molar-refractivity contribution >= 4 is 17.0 Å². The summed E-state index contributed by atoms with van der Waals surface area (Å²) >= 11 is 0. The number of rotatable bonds is 3. The second-order valence-electron chi connectivity index (χ2n) is 4.25. The van der Waals surface area contributed by atoms with Crippen LogP contribution >= 0.6 is 0 Å². The molecule has 0 radical (unpaired) electrons. The molecule has 0 unspecified atom stereocenters. The predicted molar refractivity (Wildman–Crippen MR) is 73.6 cm³/mol. The van der Waals surface area contributed by atoms with E-state index in [0.29, 0.717) is 12.2 Å². The summed E-state index contributed by atoms with van der Waals surface area (Å²) in [5, 5.41) is 3.29. The van der Waals surface area contributed by atoms with Gasteiger partial charge in [0.2, 0.25) is 0 Å². The van der Waals surface area contributed by atoms with E-state index in [1.165, 1.54) is 5.56 Å². The van der Waals surface area contributed by atoms with Gasteiger partial charge >= 0.3 is 0 Å². The summed E-state index contributed by atoms with van der Waals surface area (Å²) in [6.45, 7) is 2.76. The van der Waals surface area contributed by atoms with E-state index < -0.39 is 0 Å². The van der Waals surface area contributed by atoms with Gasteiger partial charge in [-0.05, 0) is 36.2 Å². The third-order valence-corrected chi connectivity index (χ3v) is 2.93. The summed E-state index contributed by atoms with van der Waals surface area (Å²) in [5.41, 5.74) is 3.82. The van der Waals surface area contributed by atoms with Gasteiger partial charge < -0.3 is 5.32 Å². The second kappa shape index (κ2) is 4.97. The first-order valence-electron chi connectivity index (χ1n) is 6.04. The van der Waals surface area contributed by atoms with Crippen LogP contribution in [0.4, 0.5) is 5.82 Å². The maximum atomic E-state index is 4.42. The molecule has 3 aromatic rings. The molecule has 3 aromatic heterocycles. The van der Waals surface area contributed by atoms with Crippen molar-refractivity contribution in [3.8, 4) is 0 Å². The van der Waals surface area contributed by atoms with E-state index in [0.717, 1.165) is 16.9 Å². The first-order chi connectivity index (χ1) is 9.33. The summed E-state index contributed by atoms with van der Waals surface area (Å²) in [6.07, 6.45) is 6.96. The lowest BCUT2D eigenvalue weighted by Gasteiger charge is -2.08. The molecule has 0 aliphatic carbocycles. The molecule has 94 valence electrons. The second-order valence-corrected chi connectivity index (χ2v) is 4.25. The highest BCUT2D eigenvalue weighted by atomic mass is 15.0. The molecule has 3 heterocycles. The Morgan fingerprint density at radius 2 is 1.95 bits per heavy atom. The van der Waals surface area contributed by atoms with E-state index in [1.807, 2.05) is 31.3 Å². The van der Waals surface area contributed by atoms with Crippen molar-refractivity contribution in [2.75, 3.05) is 5.32 Å². The Morgan fingerprint density at radius 3 is 2.84 bits per heavy atom. The molecular formula is C14H13N5. The molecule has 0 fully saturated rings. The normalized spacial score (nSPS) is 10.6. The summed E-state index contributed by atoms with van der Waals surface area (Å²) in [7, 11) is 0. The average molecular weight is 251 g/mol. The SMILES string of the molecule is Cc1cnccc1CNc1ccc2nccnc2n1. The first-order valence-corrected chi connectivity index (χ1v) is 6.04. The summed E-state index contributed by atoms with van der Waals surface area (Å²) in [4.78, 5) is 16.9. The van der Waals surface area contributed by atoms with E-state index in [4.69, 9.17) is 0 Å². The fourth-order valence-electron chi connectivity index (χ4n) is 1.84. The van der Waals surface area contributed by atoms with Gasteiger partial charge in [-0.15, -0.1) is 0 Å². The molecule has 0 bridgehead atoms. The monoisotopic (exact) mass is 251 g/mol. The van der Waals surface area contributed by atoms with Gasteiger partial charge in [-0.2, -0.15) is 0 Å². The number of nitrogens with one attached hydrogen (secondary N) is 1. The van der Waals surface area contributed by atoms with Gasteiger partial charge in [0.05, 0.1) is 0 Å². The van der Waals surface area contributed by atoms with E-state index in [-0.39, 0.29) is 0 Å². The van der Waals surface area contributed by atoms with Crippen LogP contribution in [0.1, 0.15) is 11.1 Å². The van der Waals surface area contributed by atoms with Crippen molar-refractivity contribution in [3.63, 3.8) is 0 Å². The molecule has 3 rings (SSSR count). The number of fused-ring (bicyclic) bond motifs is 1. The Kier molecular flexibility index (Phi) is 3.02. The number of aromatic nitrogens is 4. The molecule has 0 amide bonds. The van der Waals surface area contributed by atoms with E-state index in [1.54, 1.807) is 18.6 Å². The molecular weight excluding hydrogens is 238 g/mol. The molecule has 0 aromatic carbocycles. The Bertz CT molecular complexity index is 711. The van der Waals surface area contributed by atoms with E-state index in [2.05, 4.69) is 25.3 Å². The van der Waals surface area contributed by atoms with Gasteiger partial charge in [0.15, 0.2) is 5.65 Å². The molecule has 0 saturated carbocycles. The number of anilines is 1. The smallest absolute Gasteiger partial charge is 0.180 e. The van der Waals surface area contributed by atoms with Gasteiger partial charge in [-0.1, -0.05) is 0 Å². The zero-order valence-corrected chi connectivity index (χ0v) is 10.5. The third-order valence-electron chi connectivity index (χ3n) is 2.93. The molecule has 0 spiro atoms. The molecule has 5 nitrogen and oxygen atoms in total. The van der Waals surface area contributed by atoms with Crippen molar-refractivity contribution in [2.45, 2.75) is 13.5 Å². The Hall–Kier alpha value is -2.56. The topological polar surface area (TPSA) is 63.6 Å². The molecule has 19 heavy (non-hydrogen) atoms. The fourth-order valence-corrected chi connectivity index (χ4v) is 1.84. The molecule has 0 aliphatic heterocycles. The van der Waals surface area contributed by atoms with Crippen molar-refractivity contribution in [1.82, 2.24) is 19.9 Å². The lowest BCUT2D eigenvalue weighted by molar-refractivity contribution is 1.07. The Morgan fingerprint density at radius 1 is 1.05 bits per heavy atom. The van der Waals surface area contributed by atoms with E-state index >= 15 is 0 Å². The number of pyridine rings is 2. The van der Waals surface area contributed by atoms with Gasteiger partial charge in [-0.3, -0.25) is 9.97 Å². The van der Waals surface area contributed by atoms with Crippen LogP contribution in [-0.4, -0.2) is 19.9 Å². The predicted octanol–water partition coefficient (Wildman–Crippen LogP) is 2.34. The Balaban J connectivity index is 1.80. The van der Waals surface area contributed by atoms with Gasteiger partial charge in [0.1, 0.15) is 11.3 Å². The minimum absolute atomic E-state index is 0.652. The van der Waals surface area contributed by atoms with E-state index in [9.17, 15) is 0 Å². The standard InChI is InChI=1S/C14H13N5/c1-10-8-15-5-4-11(10)9-18-13-3-2-12-14(19-13)17-7-6-16-12/h2-8H,9H2,1H3,(H,17,18,19). The maximum absolute atomic E-state index is 4.42. The van der Waals surface area contributed by atoms with Crippen LogP contribution in [0.25, 0.3) is 11.2 Å². The van der Waals surface area contributed by atoms with Crippen LogP contribution in [0.5, 0.6) is 0 Å².